The average Bonchev–Trinajstić information content (AvgIpc) is 2.58. The van der Waals surface area contributed by atoms with Crippen LogP contribution in [0.1, 0.15) is 17.9 Å². The fourth-order valence-electron chi connectivity index (χ4n) is 2.68. The summed E-state index contributed by atoms with van der Waals surface area (Å²) >= 11 is 5.87. The lowest BCUT2D eigenvalue weighted by Crippen LogP contribution is -2.58. The summed E-state index contributed by atoms with van der Waals surface area (Å²) < 4.78 is 4.68. The number of amides is 4. The van der Waals surface area contributed by atoms with E-state index in [0.717, 1.165) is 9.80 Å². The maximum Gasteiger partial charge on any atom is 0.332 e. The standard InChI is InChI=1S/C16H17ClN2O5/c1-18-14(21)13(15(22)19(2)16(18)23)11(8-12(20)24-3)9-4-6-10(17)7-5-9/h4-7,11,13H,8H2,1-3H3. The lowest BCUT2D eigenvalue weighted by molar-refractivity contribution is -0.149. The zero-order valence-electron chi connectivity index (χ0n) is 13.5. The van der Waals surface area contributed by atoms with Crippen molar-refractivity contribution in [2.45, 2.75) is 12.3 Å². The van der Waals surface area contributed by atoms with Gasteiger partial charge in [0.05, 0.1) is 13.5 Å². The van der Waals surface area contributed by atoms with Gasteiger partial charge in [-0.25, -0.2) is 4.79 Å². The molecule has 4 amide bonds. The third-order valence-electron chi connectivity index (χ3n) is 4.08. The molecule has 24 heavy (non-hydrogen) atoms. The predicted octanol–water partition coefficient (Wildman–Crippen LogP) is 1.65. The van der Waals surface area contributed by atoms with E-state index in [2.05, 4.69) is 4.74 Å². The summed E-state index contributed by atoms with van der Waals surface area (Å²) in [5.74, 6) is -3.79. The first-order chi connectivity index (χ1) is 11.3. The highest BCUT2D eigenvalue weighted by Crippen LogP contribution is 2.34. The average molecular weight is 353 g/mol. The Morgan fingerprint density at radius 1 is 1.12 bits per heavy atom. The SMILES string of the molecule is COC(=O)CC(c1ccc(Cl)cc1)C1C(=O)N(C)C(=O)N(C)C1=O. The monoisotopic (exact) mass is 352 g/mol. The first-order valence-corrected chi connectivity index (χ1v) is 7.57. The number of barbiturate groups is 1. The molecule has 7 nitrogen and oxygen atoms in total. The molecule has 0 radical (unpaired) electrons. The van der Waals surface area contributed by atoms with Gasteiger partial charge in [-0.2, -0.15) is 0 Å². The third-order valence-corrected chi connectivity index (χ3v) is 4.33. The van der Waals surface area contributed by atoms with Crippen molar-refractivity contribution in [1.29, 1.82) is 0 Å². The van der Waals surface area contributed by atoms with Gasteiger partial charge in [0, 0.05) is 25.0 Å². The Morgan fingerprint density at radius 2 is 1.62 bits per heavy atom. The van der Waals surface area contributed by atoms with E-state index in [-0.39, 0.29) is 6.42 Å². The van der Waals surface area contributed by atoms with Gasteiger partial charge in [0.1, 0.15) is 5.92 Å². The summed E-state index contributed by atoms with van der Waals surface area (Å²) in [5.41, 5.74) is 0.590. The van der Waals surface area contributed by atoms with Crippen molar-refractivity contribution in [2.24, 2.45) is 5.92 Å². The van der Waals surface area contributed by atoms with Gasteiger partial charge >= 0.3 is 12.0 Å². The highest BCUT2D eigenvalue weighted by Gasteiger charge is 2.47. The van der Waals surface area contributed by atoms with E-state index in [1.54, 1.807) is 24.3 Å². The number of methoxy groups -OCH3 is 1. The molecule has 0 aliphatic carbocycles. The third kappa shape index (κ3) is 3.26. The van der Waals surface area contributed by atoms with E-state index >= 15 is 0 Å². The molecule has 1 aromatic rings. The highest BCUT2D eigenvalue weighted by atomic mass is 35.5. The molecule has 0 saturated carbocycles. The second-order valence-corrected chi connectivity index (χ2v) is 5.93. The number of nitrogens with zero attached hydrogens (tertiary/aromatic N) is 2. The number of benzene rings is 1. The number of esters is 1. The zero-order chi connectivity index (χ0) is 18.0. The maximum atomic E-state index is 12.5. The molecule has 1 saturated heterocycles. The minimum atomic E-state index is -1.18. The number of ether oxygens (including phenoxy) is 1. The van der Waals surface area contributed by atoms with Crippen molar-refractivity contribution < 1.29 is 23.9 Å². The van der Waals surface area contributed by atoms with Crippen molar-refractivity contribution in [3.8, 4) is 0 Å². The summed E-state index contributed by atoms with van der Waals surface area (Å²) in [7, 11) is 3.84. The molecule has 1 fully saturated rings. The van der Waals surface area contributed by atoms with Crippen molar-refractivity contribution in [3.05, 3.63) is 34.9 Å². The quantitative estimate of drug-likeness (QED) is 0.607. The minimum absolute atomic E-state index is 0.170. The number of rotatable bonds is 4. The minimum Gasteiger partial charge on any atom is -0.469 e. The molecule has 0 aromatic heterocycles. The number of carbonyl (C=O) groups is 4. The van der Waals surface area contributed by atoms with Crippen molar-refractivity contribution in [3.63, 3.8) is 0 Å². The van der Waals surface area contributed by atoms with Crippen LogP contribution in [0.3, 0.4) is 0 Å². The van der Waals surface area contributed by atoms with Crippen LogP contribution in [-0.4, -0.2) is 54.8 Å². The molecule has 1 aliphatic heterocycles. The molecule has 0 bridgehead atoms. The summed E-state index contributed by atoms with van der Waals surface area (Å²) in [4.78, 5) is 50.5. The van der Waals surface area contributed by atoms with Crippen molar-refractivity contribution >= 4 is 35.4 Å². The number of urea groups is 1. The normalized spacial score (nSPS) is 17.2. The van der Waals surface area contributed by atoms with Crippen LogP contribution < -0.4 is 0 Å². The molecule has 0 N–H and O–H groups in total. The summed E-state index contributed by atoms with van der Waals surface area (Å²) in [6, 6.07) is 5.81. The molecule has 1 aliphatic rings. The molecule has 1 heterocycles. The van der Waals surface area contributed by atoms with Crippen LogP contribution in [0.25, 0.3) is 0 Å². The van der Waals surface area contributed by atoms with E-state index in [1.165, 1.54) is 21.2 Å². The highest BCUT2D eigenvalue weighted by molar-refractivity contribution is 6.30. The second kappa shape index (κ2) is 7.00. The molecule has 2 rings (SSSR count). The van der Waals surface area contributed by atoms with Gasteiger partial charge in [-0.15, -0.1) is 0 Å². The summed E-state index contributed by atoms with van der Waals surface area (Å²) in [6.45, 7) is 0. The maximum absolute atomic E-state index is 12.5. The number of imide groups is 2. The molecule has 8 heteroatoms. The molecule has 1 unspecified atom stereocenters. The van der Waals surface area contributed by atoms with E-state index < -0.39 is 35.7 Å². The lowest BCUT2D eigenvalue weighted by Gasteiger charge is -2.36. The van der Waals surface area contributed by atoms with Gasteiger partial charge in [0.25, 0.3) is 0 Å². The fraction of sp³-hybridized carbons (Fsp3) is 0.375. The van der Waals surface area contributed by atoms with Crippen LogP contribution >= 0.6 is 11.6 Å². The first-order valence-electron chi connectivity index (χ1n) is 7.19. The zero-order valence-corrected chi connectivity index (χ0v) is 14.2. The Kier molecular flexibility index (Phi) is 5.23. The van der Waals surface area contributed by atoms with E-state index in [9.17, 15) is 19.2 Å². The van der Waals surface area contributed by atoms with Gasteiger partial charge < -0.3 is 4.74 Å². The Balaban J connectivity index is 2.47. The van der Waals surface area contributed by atoms with Gasteiger partial charge in [-0.3, -0.25) is 24.2 Å². The number of carbonyl (C=O) groups excluding carboxylic acids is 4. The van der Waals surface area contributed by atoms with Crippen LogP contribution in [0.15, 0.2) is 24.3 Å². The van der Waals surface area contributed by atoms with Crippen LogP contribution in [0.2, 0.25) is 5.02 Å². The van der Waals surface area contributed by atoms with Gasteiger partial charge in [-0.1, -0.05) is 23.7 Å². The summed E-state index contributed by atoms with van der Waals surface area (Å²) in [5, 5.41) is 0.487. The number of hydrogen-bond acceptors (Lipinski definition) is 5. The van der Waals surface area contributed by atoms with Crippen LogP contribution in [0, 0.1) is 5.92 Å². The van der Waals surface area contributed by atoms with Gasteiger partial charge in [0.15, 0.2) is 0 Å². The van der Waals surface area contributed by atoms with E-state index in [1.807, 2.05) is 0 Å². The number of hydrogen-bond donors (Lipinski definition) is 0. The van der Waals surface area contributed by atoms with Crippen LogP contribution in [-0.2, 0) is 19.1 Å². The topological polar surface area (TPSA) is 84.0 Å². The molecule has 1 aromatic carbocycles. The molecule has 128 valence electrons. The Labute approximate surface area is 144 Å². The smallest absolute Gasteiger partial charge is 0.332 e. The molecular formula is C16H17ClN2O5. The lowest BCUT2D eigenvalue weighted by atomic mass is 9.81. The van der Waals surface area contributed by atoms with Gasteiger partial charge in [-0.05, 0) is 17.7 Å². The van der Waals surface area contributed by atoms with Crippen LogP contribution in [0.5, 0.6) is 0 Å². The Bertz CT molecular complexity index is 664. The molecular weight excluding hydrogens is 336 g/mol. The Hall–Kier alpha value is -2.41. The first kappa shape index (κ1) is 17.9. The summed E-state index contributed by atoms with van der Waals surface area (Å²) in [6.07, 6.45) is -0.170. The molecule has 1 atom stereocenters. The van der Waals surface area contributed by atoms with Gasteiger partial charge in [0.2, 0.25) is 11.8 Å². The van der Waals surface area contributed by atoms with E-state index in [0.29, 0.717) is 10.6 Å². The van der Waals surface area contributed by atoms with E-state index in [4.69, 9.17) is 11.6 Å². The van der Waals surface area contributed by atoms with Crippen LogP contribution in [0.4, 0.5) is 4.79 Å². The van der Waals surface area contributed by atoms with Crippen molar-refractivity contribution in [2.75, 3.05) is 21.2 Å². The largest absolute Gasteiger partial charge is 0.469 e. The number of halogens is 1. The fourth-order valence-corrected chi connectivity index (χ4v) is 2.81. The van der Waals surface area contributed by atoms with Crippen molar-refractivity contribution in [1.82, 2.24) is 9.80 Å². The second-order valence-electron chi connectivity index (χ2n) is 5.49. The Morgan fingerprint density at radius 3 is 2.08 bits per heavy atom. The predicted molar refractivity (Wildman–Crippen MR) is 85.3 cm³/mol. The molecule has 0 spiro atoms.